The molecular weight excluding hydrogens is 376 g/mol. The maximum atomic E-state index is 12.8. The van der Waals surface area contributed by atoms with Crippen LogP contribution in [0, 0.1) is 11.8 Å². The highest BCUT2D eigenvalue weighted by molar-refractivity contribution is 5.91. The zero-order valence-corrected chi connectivity index (χ0v) is 17.3. The van der Waals surface area contributed by atoms with Gasteiger partial charge >= 0.3 is 17.9 Å². The van der Waals surface area contributed by atoms with Crippen molar-refractivity contribution < 1.29 is 33.3 Å². The Kier molecular flexibility index (Phi) is 4.49. The van der Waals surface area contributed by atoms with Crippen molar-refractivity contribution in [3.05, 3.63) is 34.9 Å². The largest absolute Gasteiger partial charge is 0.457 e. The minimum atomic E-state index is -1.01. The SMILES string of the molecule is C=C1C(=O)O[C@@H]2[C@H]3C(C)=CCC3=C(C)[C@@H](OC(=O)C3(C)OC3C)[C@H](OC(C)=O)[C@@H]12. The first-order chi connectivity index (χ1) is 13.6. The number of hydrogen-bond donors (Lipinski definition) is 0. The topological polar surface area (TPSA) is 91.4 Å². The number of allylic oxidation sites excluding steroid dienone is 1. The van der Waals surface area contributed by atoms with Crippen molar-refractivity contribution in [3.63, 3.8) is 0 Å². The Hall–Kier alpha value is -2.41. The van der Waals surface area contributed by atoms with Gasteiger partial charge in [0.1, 0.15) is 6.10 Å². The van der Waals surface area contributed by atoms with Crippen molar-refractivity contribution in [3.8, 4) is 0 Å². The molecule has 0 spiro atoms. The van der Waals surface area contributed by atoms with Crippen LogP contribution in [-0.4, -0.2) is 47.9 Å². The lowest BCUT2D eigenvalue weighted by Crippen LogP contribution is -2.45. The quantitative estimate of drug-likeness (QED) is 0.235. The summed E-state index contributed by atoms with van der Waals surface area (Å²) in [4.78, 5) is 37.2. The standard InChI is InChI=1S/C22H26O7/c1-9-7-8-14-10(2)17(28-21(25)22(6)12(4)29-22)19(26-13(5)23)16-11(3)20(24)27-18(16)15(9)14/h7,12,15-19H,3,8H2,1-2,4-6H3/t12?,15-,16-,17+,18+,19+,22?/m0/s1. The molecule has 0 radical (unpaired) electrons. The predicted octanol–water partition coefficient (Wildman–Crippen LogP) is 2.40. The minimum absolute atomic E-state index is 0.142. The monoisotopic (exact) mass is 402 g/mol. The Morgan fingerprint density at radius 2 is 1.93 bits per heavy atom. The maximum absolute atomic E-state index is 12.8. The minimum Gasteiger partial charge on any atom is -0.457 e. The molecule has 0 aromatic carbocycles. The zero-order valence-electron chi connectivity index (χ0n) is 17.3. The van der Waals surface area contributed by atoms with E-state index in [1.807, 2.05) is 13.8 Å². The first-order valence-corrected chi connectivity index (χ1v) is 9.88. The second-order valence-corrected chi connectivity index (χ2v) is 8.53. The van der Waals surface area contributed by atoms with Crippen LogP contribution < -0.4 is 0 Å². The fraction of sp³-hybridized carbons (Fsp3) is 0.591. The van der Waals surface area contributed by atoms with E-state index < -0.39 is 47.7 Å². The van der Waals surface area contributed by atoms with E-state index in [1.54, 1.807) is 13.8 Å². The average molecular weight is 402 g/mol. The molecule has 2 heterocycles. The van der Waals surface area contributed by atoms with Gasteiger partial charge in [0.15, 0.2) is 17.8 Å². The Morgan fingerprint density at radius 3 is 2.52 bits per heavy atom. The molecule has 4 aliphatic rings. The lowest BCUT2D eigenvalue weighted by atomic mass is 9.82. The molecule has 2 aliphatic heterocycles. The maximum Gasteiger partial charge on any atom is 0.341 e. The van der Waals surface area contributed by atoms with Gasteiger partial charge in [0.25, 0.3) is 0 Å². The second kappa shape index (κ2) is 6.55. The Balaban J connectivity index is 1.79. The molecule has 2 unspecified atom stereocenters. The summed E-state index contributed by atoms with van der Waals surface area (Å²) in [5.74, 6) is -2.29. The number of ether oxygens (including phenoxy) is 4. The van der Waals surface area contributed by atoms with Gasteiger partial charge in [0.2, 0.25) is 0 Å². The molecule has 0 aromatic rings. The molecule has 7 atom stereocenters. The van der Waals surface area contributed by atoms with Gasteiger partial charge in [-0.15, -0.1) is 0 Å². The normalized spacial score (nSPS) is 40.5. The third-order valence-corrected chi connectivity index (χ3v) is 6.77. The predicted molar refractivity (Wildman–Crippen MR) is 101 cm³/mol. The number of hydrogen-bond acceptors (Lipinski definition) is 7. The van der Waals surface area contributed by atoms with Crippen molar-refractivity contribution >= 4 is 17.9 Å². The average Bonchev–Trinajstić information content (AvgIpc) is 2.97. The fourth-order valence-electron chi connectivity index (χ4n) is 4.81. The van der Waals surface area contributed by atoms with Crippen molar-refractivity contribution in [2.45, 2.75) is 71.1 Å². The van der Waals surface area contributed by atoms with Crippen molar-refractivity contribution in [2.24, 2.45) is 11.8 Å². The van der Waals surface area contributed by atoms with Gasteiger partial charge in [0, 0.05) is 18.4 Å². The lowest BCUT2D eigenvalue weighted by Gasteiger charge is -2.32. The molecule has 2 aliphatic carbocycles. The number of esters is 3. The molecule has 0 bridgehead atoms. The summed E-state index contributed by atoms with van der Waals surface area (Å²) in [6.07, 6.45) is 0.220. The first-order valence-electron chi connectivity index (χ1n) is 9.88. The molecule has 4 rings (SSSR count). The number of carbonyl (C=O) groups excluding carboxylic acids is 3. The van der Waals surface area contributed by atoms with E-state index in [-0.39, 0.29) is 17.6 Å². The Bertz CT molecular complexity index is 882. The van der Waals surface area contributed by atoms with Crippen LogP contribution in [0.2, 0.25) is 0 Å². The molecule has 29 heavy (non-hydrogen) atoms. The first kappa shape index (κ1) is 19.9. The van der Waals surface area contributed by atoms with Gasteiger partial charge in [-0.25, -0.2) is 9.59 Å². The van der Waals surface area contributed by atoms with Crippen LogP contribution in [0.4, 0.5) is 0 Å². The van der Waals surface area contributed by atoms with E-state index in [1.165, 1.54) is 6.92 Å². The third kappa shape index (κ3) is 2.94. The molecule has 0 amide bonds. The summed E-state index contributed by atoms with van der Waals surface area (Å²) >= 11 is 0. The molecule has 2 saturated heterocycles. The third-order valence-electron chi connectivity index (χ3n) is 6.77. The van der Waals surface area contributed by atoms with Crippen molar-refractivity contribution in [1.82, 2.24) is 0 Å². The highest BCUT2D eigenvalue weighted by Gasteiger charge is 2.60. The summed E-state index contributed by atoms with van der Waals surface area (Å²) in [7, 11) is 0. The summed E-state index contributed by atoms with van der Waals surface area (Å²) < 4.78 is 22.6. The summed E-state index contributed by atoms with van der Waals surface area (Å²) in [5.41, 5.74) is 2.15. The number of fused-ring (bicyclic) bond motifs is 3. The van der Waals surface area contributed by atoms with Crippen LogP contribution in [0.1, 0.15) is 41.0 Å². The molecule has 7 nitrogen and oxygen atoms in total. The zero-order chi connectivity index (χ0) is 21.2. The van der Waals surface area contributed by atoms with Gasteiger partial charge in [0.05, 0.1) is 12.0 Å². The molecular formula is C22H26O7. The van der Waals surface area contributed by atoms with E-state index in [4.69, 9.17) is 18.9 Å². The number of rotatable bonds is 3. The molecule has 2 fully saturated rings. The van der Waals surface area contributed by atoms with Gasteiger partial charge < -0.3 is 18.9 Å². The smallest absolute Gasteiger partial charge is 0.341 e. The molecule has 0 aromatic heterocycles. The highest BCUT2D eigenvalue weighted by atomic mass is 16.7. The van der Waals surface area contributed by atoms with Crippen LogP contribution in [0.25, 0.3) is 0 Å². The van der Waals surface area contributed by atoms with Gasteiger partial charge in [-0.3, -0.25) is 4.79 Å². The Morgan fingerprint density at radius 1 is 1.28 bits per heavy atom. The second-order valence-electron chi connectivity index (χ2n) is 8.53. The van der Waals surface area contributed by atoms with E-state index in [0.717, 1.165) is 16.7 Å². The molecule has 7 heteroatoms. The summed E-state index contributed by atoms with van der Waals surface area (Å²) in [5, 5.41) is 0. The summed E-state index contributed by atoms with van der Waals surface area (Å²) in [6, 6.07) is 0. The van der Waals surface area contributed by atoms with E-state index in [0.29, 0.717) is 6.42 Å². The van der Waals surface area contributed by atoms with Crippen LogP contribution in [0.5, 0.6) is 0 Å². The van der Waals surface area contributed by atoms with Gasteiger partial charge in [-0.05, 0) is 39.7 Å². The van der Waals surface area contributed by atoms with Crippen LogP contribution >= 0.6 is 0 Å². The molecule has 156 valence electrons. The van der Waals surface area contributed by atoms with Crippen molar-refractivity contribution in [2.75, 3.05) is 0 Å². The Labute approximate surface area is 169 Å². The van der Waals surface area contributed by atoms with Crippen LogP contribution in [0.3, 0.4) is 0 Å². The number of carbonyl (C=O) groups is 3. The van der Waals surface area contributed by atoms with E-state index in [9.17, 15) is 14.4 Å². The van der Waals surface area contributed by atoms with E-state index in [2.05, 4.69) is 12.7 Å². The highest BCUT2D eigenvalue weighted by Crippen LogP contribution is 2.50. The van der Waals surface area contributed by atoms with Crippen molar-refractivity contribution in [1.29, 1.82) is 0 Å². The number of epoxide rings is 1. The summed E-state index contributed by atoms with van der Waals surface area (Å²) in [6.45, 7) is 12.5. The lowest BCUT2D eigenvalue weighted by molar-refractivity contribution is -0.171. The van der Waals surface area contributed by atoms with E-state index >= 15 is 0 Å². The van der Waals surface area contributed by atoms with Gasteiger partial charge in [-0.2, -0.15) is 0 Å². The molecule has 0 saturated carbocycles. The molecule has 0 N–H and O–H groups in total. The fourth-order valence-corrected chi connectivity index (χ4v) is 4.81. The van der Waals surface area contributed by atoms with Gasteiger partial charge in [-0.1, -0.05) is 23.8 Å². The van der Waals surface area contributed by atoms with Crippen LogP contribution in [0.15, 0.2) is 34.9 Å². The van der Waals surface area contributed by atoms with Crippen LogP contribution in [-0.2, 0) is 33.3 Å².